The molecule has 1 aromatic carbocycles. The highest BCUT2D eigenvalue weighted by molar-refractivity contribution is 5.81. The number of carbonyl (C=O) groups is 1. The first-order valence-electron chi connectivity index (χ1n) is 6.29. The lowest BCUT2D eigenvalue weighted by Gasteiger charge is -2.08. The number of aromatic nitrogens is 1. The van der Waals surface area contributed by atoms with Crippen molar-refractivity contribution in [2.45, 2.75) is 6.54 Å². The lowest BCUT2D eigenvalue weighted by atomic mass is 10.2. The third-order valence-corrected chi connectivity index (χ3v) is 2.77. The van der Waals surface area contributed by atoms with Gasteiger partial charge in [0.05, 0.1) is 11.5 Å². The highest BCUT2D eigenvalue weighted by Crippen LogP contribution is 2.21. The van der Waals surface area contributed by atoms with E-state index in [2.05, 4.69) is 15.6 Å². The molecule has 1 heterocycles. The van der Waals surface area contributed by atoms with Crippen LogP contribution in [0, 0.1) is 10.1 Å². The Morgan fingerprint density at radius 2 is 2.00 bits per heavy atom. The van der Waals surface area contributed by atoms with Gasteiger partial charge in [-0.3, -0.25) is 19.9 Å². The summed E-state index contributed by atoms with van der Waals surface area (Å²) in [5.41, 5.74) is 1.10. The van der Waals surface area contributed by atoms with Crippen LogP contribution in [0.3, 0.4) is 0 Å². The highest BCUT2D eigenvalue weighted by Gasteiger charge is 2.13. The molecule has 7 nitrogen and oxygen atoms in total. The van der Waals surface area contributed by atoms with Crippen molar-refractivity contribution in [1.29, 1.82) is 0 Å². The molecule has 2 rings (SSSR count). The third kappa shape index (κ3) is 4.27. The summed E-state index contributed by atoms with van der Waals surface area (Å²) in [5, 5.41) is 16.3. The van der Waals surface area contributed by atoms with Gasteiger partial charge >= 0.3 is 5.69 Å². The molecule has 0 unspecified atom stereocenters. The van der Waals surface area contributed by atoms with Crippen LogP contribution in [0.2, 0.25) is 0 Å². The average molecular weight is 286 g/mol. The van der Waals surface area contributed by atoms with Crippen LogP contribution in [0.5, 0.6) is 0 Å². The number of nitro groups is 1. The van der Waals surface area contributed by atoms with Crippen molar-refractivity contribution in [1.82, 2.24) is 10.3 Å². The topological polar surface area (TPSA) is 97.2 Å². The van der Waals surface area contributed by atoms with E-state index in [9.17, 15) is 14.9 Å². The quantitative estimate of drug-likeness (QED) is 0.622. The SMILES string of the molecule is O=C(CNc1ccncc1[N+](=O)[O-])NCc1ccccc1. The Hall–Kier alpha value is -2.96. The van der Waals surface area contributed by atoms with Gasteiger partial charge < -0.3 is 10.6 Å². The van der Waals surface area contributed by atoms with Gasteiger partial charge in [-0.2, -0.15) is 0 Å². The van der Waals surface area contributed by atoms with Gasteiger partial charge in [-0.1, -0.05) is 30.3 Å². The minimum Gasteiger partial charge on any atom is -0.370 e. The summed E-state index contributed by atoms with van der Waals surface area (Å²) < 4.78 is 0. The maximum absolute atomic E-state index is 11.7. The minimum absolute atomic E-state index is 0.0440. The molecule has 2 N–H and O–H groups in total. The molecular formula is C14H14N4O3. The number of amides is 1. The molecule has 2 aromatic rings. The predicted octanol–water partition coefficient (Wildman–Crippen LogP) is 1.72. The second-order valence-electron chi connectivity index (χ2n) is 4.27. The Bertz CT molecular complexity index is 631. The fourth-order valence-electron chi connectivity index (χ4n) is 1.72. The van der Waals surface area contributed by atoms with Gasteiger partial charge in [-0.25, -0.2) is 0 Å². The first kappa shape index (κ1) is 14.4. The van der Waals surface area contributed by atoms with Crippen molar-refractivity contribution in [2.24, 2.45) is 0 Å². The average Bonchev–Trinajstić information content (AvgIpc) is 2.52. The third-order valence-electron chi connectivity index (χ3n) is 2.77. The van der Waals surface area contributed by atoms with Gasteiger partial charge in [0.25, 0.3) is 0 Å². The Labute approximate surface area is 121 Å². The number of pyridine rings is 1. The summed E-state index contributed by atoms with van der Waals surface area (Å²) >= 11 is 0. The molecule has 108 valence electrons. The van der Waals surface area contributed by atoms with Crippen LogP contribution in [-0.2, 0) is 11.3 Å². The summed E-state index contributed by atoms with van der Waals surface area (Å²) in [4.78, 5) is 25.7. The van der Waals surface area contributed by atoms with E-state index in [1.165, 1.54) is 12.3 Å². The van der Waals surface area contributed by atoms with Gasteiger partial charge in [0, 0.05) is 12.7 Å². The van der Waals surface area contributed by atoms with Crippen LogP contribution in [-0.4, -0.2) is 22.4 Å². The van der Waals surface area contributed by atoms with Crippen molar-refractivity contribution in [3.05, 3.63) is 64.5 Å². The molecular weight excluding hydrogens is 272 g/mol. The van der Waals surface area contributed by atoms with E-state index < -0.39 is 4.92 Å². The Kier molecular flexibility index (Phi) is 4.81. The Morgan fingerprint density at radius 1 is 1.24 bits per heavy atom. The van der Waals surface area contributed by atoms with Gasteiger partial charge in [-0.05, 0) is 11.6 Å². The fourth-order valence-corrected chi connectivity index (χ4v) is 1.72. The lowest BCUT2D eigenvalue weighted by Crippen LogP contribution is -2.29. The molecule has 1 aromatic heterocycles. The fraction of sp³-hybridized carbons (Fsp3) is 0.143. The van der Waals surface area contributed by atoms with E-state index >= 15 is 0 Å². The summed E-state index contributed by atoms with van der Waals surface area (Å²) in [6, 6.07) is 10.9. The molecule has 0 radical (unpaired) electrons. The number of nitrogens with one attached hydrogen (secondary N) is 2. The van der Waals surface area contributed by atoms with Crippen LogP contribution < -0.4 is 10.6 Å². The van der Waals surface area contributed by atoms with Crippen molar-refractivity contribution in [2.75, 3.05) is 11.9 Å². The lowest BCUT2D eigenvalue weighted by molar-refractivity contribution is -0.384. The van der Waals surface area contributed by atoms with E-state index in [-0.39, 0.29) is 23.8 Å². The molecule has 7 heteroatoms. The number of hydrogen-bond donors (Lipinski definition) is 2. The molecule has 0 aliphatic rings. The molecule has 0 bridgehead atoms. The first-order valence-corrected chi connectivity index (χ1v) is 6.29. The standard InChI is InChI=1S/C14H14N4O3/c19-14(17-8-11-4-2-1-3-5-11)10-16-12-6-7-15-9-13(12)18(20)21/h1-7,9H,8,10H2,(H,15,16)(H,17,19). The predicted molar refractivity (Wildman–Crippen MR) is 77.7 cm³/mol. The maximum atomic E-state index is 11.7. The van der Waals surface area contributed by atoms with E-state index in [0.29, 0.717) is 6.54 Å². The highest BCUT2D eigenvalue weighted by atomic mass is 16.6. The minimum atomic E-state index is -0.544. The second kappa shape index (κ2) is 6.99. The number of benzene rings is 1. The van der Waals surface area contributed by atoms with E-state index in [0.717, 1.165) is 11.8 Å². The molecule has 0 saturated heterocycles. The summed E-state index contributed by atoms with van der Waals surface area (Å²) in [5.74, 6) is -0.245. The number of anilines is 1. The maximum Gasteiger partial charge on any atom is 0.310 e. The smallest absolute Gasteiger partial charge is 0.310 e. The van der Waals surface area contributed by atoms with E-state index in [1.807, 2.05) is 30.3 Å². The van der Waals surface area contributed by atoms with Crippen LogP contribution in [0.25, 0.3) is 0 Å². The van der Waals surface area contributed by atoms with Gasteiger partial charge in [0.15, 0.2) is 0 Å². The number of rotatable bonds is 6. The molecule has 0 spiro atoms. The second-order valence-corrected chi connectivity index (χ2v) is 4.27. The van der Waals surface area contributed by atoms with Crippen LogP contribution >= 0.6 is 0 Å². The van der Waals surface area contributed by atoms with Gasteiger partial charge in [-0.15, -0.1) is 0 Å². The monoisotopic (exact) mass is 286 g/mol. The van der Waals surface area contributed by atoms with Crippen molar-refractivity contribution >= 4 is 17.3 Å². The molecule has 21 heavy (non-hydrogen) atoms. The Morgan fingerprint density at radius 3 is 2.71 bits per heavy atom. The molecule has 1 amide bonds. The number of carbonyl (C=O) groups excluding carboxylic acids is 1. The number of nitrogens with zero attached hydrogens (tertiary/aromatic N) is 2. The zero-order chi connectivity index (χ0) is 15.1. The largest absolute Gasteiger partial charge is 0.370 e. The summed E-state index contributed by atoms with van der Waals surface area (Å²) in [6.07, 6.45) is 2.57. The molecule has 0 aliphatic carbocycles. The van der Waals surface area contributed by atoms with Crippen LogP contribution in [0.1, 0.15) is 5.56 Å². The van der Waals surface area contributed by atoms with Gasteiger partial charge in [0.1, 0.15) is 11.9 Å². The van der Waals surface area contributed by atoms with Gasteiger partial charge in [0.2, 0.25) is 5.91 Å². The summed E-state index contributed by atoms with van der Waals surface area (Å²) in [7, 11) is 0. The van der Waals surface area contributed by atoms with Crippen molar-refractivity contribution in [3.8, 4) is 0 Å². The van der Waals surface area contributed by atoms with E-state index in [4.69, 9.17) is 0 Å². The first-order chi connectivity index (χ1) is 10.2. The van der Waals surface area contributed by atoms with Crippen molar-refractivity contribution in [3.63, 3.8) is 0 Å². The van der Waals surface area contributed by atoms with E-state index in [1.54, 1.807) is 0 Å². The summed E-state index contributed by atoms with van der Waals surface area (Å²) in [6.45, 7) is 0.372. The zero-order valence-electron chi connectivity index (χ0n) is 11.2. The molecule has 0 fully saturated rings. The normalized spacial score (nSPS) is 9.90. The molecule has 0 atom stereocenters. The van der Waals surface area contributed by atoms with Crippen LogP contribution in [0.4, 0.5) is 11.4 Å². The molecule has 0 saturated carbocycles. The number of hydrogen-bond acceptors (Lipinski definition) is 5. The molecule has 0 aliphatic heterocycles. The Balaban J connectivity index is 1.86. The van der Waals surface area contributed by atoms with Crippen LogP contribution in [0.15, 0.2) is 48.8 Å². The zero-order valence-corrected chi connectivity index (χ0v) is 11.2. The van der Waals surface area contributed by atoms with Crippen molar-refractivity contribution < 1.29 is 9.72 Å².